The van der Waals surface area contributed by atoms with Crippen LogP contribution in [0, 0.1) is 10.1 Å². The predicted molar refractivity (Wildman–Crippen MR) is 126 cm³/mol. The Morgan fingerprint density at radius 2 is 1.56 bits per heavy atom. The van der Waals surface area contributed by atoms with Gasteiger partial charge >= 0.3 is 0 Å². The van der Waals surface area contributed by atoms with Crippen LogP contribution in [0.2, 0.25) is 0 Å². The largest absolute Gasteiger partial charge is 0.495 e. The molecule has 0 fully saturated rings. The van der Waals surface area contributed by atoms with E-state index in [1.54, 1.807) is 31.2 Å². The molecule has 2 amide bonds. The summed E-state index contributed by atoms with van der Waals surface area (Å²) in [5.41, 5.74) is 0.599. The molecule has 10 nitrogen and oxygen atoms in total. The Kier molecular flexibility index (Phi) is 7.65. The summed E-state index contributed by atoms with van der Waals surface area (Å²) in [5, 5.41) is 16.9. The molecule has 3 aromatic rings. The van der Waals surface area contributed by atoms with Crippen LogP contribution in [0.1, 0.15) is 27.6 Å². The molecule has 176 valence electrons. The van der Waals surface area contributed by atoms with Gasteiger partial charge in [0.15, 0.2) is 11.5 Å². The van der Waals surface area contributed by atoms with Crippen LogP contribution in [0.15, 0.2) is 60.7 Å². The first-order valence-electron chi connectivity index (χ1n) is 10.2. The van der Waals surface area contributed by atoms with Gasteiger partial charge in [-0.3, -0.25) is 19.7 Å². The van der Waals surface area contributed by atoms with Gasteiger partial charge in [-0.25, -0.2) is 0 Å². The average Bonchev–Trinajstić information content (AvgIpc) is 2.84. The molecular weight excluding hydrogens is 442 g/mol. The molecule has 0 saturated carbocycles. The molecule has 0 radical (unpaired) electrons. The number of hydrogen-bond donors (Lipinski definition) is 2. The summed E-state index contributed by atoms with van der Waals surface area (Å²) in [4.78, 5) is 36.2. The van der Waals surface area contributed by atoms with Crippen molar-refractivity contribution in [2.24, 2.45) is 0 Å². The highest BCUT2D eigenvalue weighted by Crippen LogP contribution is 2.35. The number of ether oxygens (including phenoxy) is 3. The van der Waals surface area contributed by atoms with E-state index in [1.807, 2.05) is 0 Å². The van der Waals surface area contributed by atoms with Gasteiger partial charge in [0.05, 0.1) is 37.5 Å². The minimum absolute atomic E-state index is 0.149. The lowest BCUT2D eigenvalue weighted by Crippen LogP contribution is -2.15. The van der Waals surface area contributed by atoms with Crippen LogP contribution < -0.4 is 24.8 Å². The second-order valence-electron chi connectivity index (χ2n) is 6.90. The lowest BCUT2D eigenvalue weighted by molar-refractivity contribution is -0.385. The first kappa shape index (κ1) is 24.1. The average molecular weight is 465 g/mol. The number of hydrogen-bond acceptors (Lipinski definition) is 7. The van der Waals surface area contributed by atoms with Crippen molar-refractivity contribution >= 4 is 28.9 Å². The van der Waals surface area contributed by atoms with Crippen LogP contribution in [-0.2, 0) is 0 Å². The summed E-state index contributed by atoms with van der Waals surface area (Å²) in [6.45, 7) is 2.03. The summed E-state index contributed by atoms with van der Waals surface area (Å²) in [7, 11) is 2.86. The fourth-order valence-electron chi connectivity index (χ4n) is 3.16. The van der Waals surface area contributed by atoms with Crippen LogP contribution in [0.25, 0.3) is 0 Å². The number of carbonyl (C=O) groups excluding carboxylic acids is 2. The highest BCUT2D eigenvalue weighted by atomic mass is 16.6. The fourth-order valence-corrected chi connectivity index (χ4v) is 3.16. The molecule has 0 aliphatic carbocycles. The van der Waals surface area contributed by atoms with Gasteiger partial charge in [0.25, 0.3) is 17.5 Å². The fraction of sp³-hybridized carbons (Fsp3) is 0.167. The Morgan fingerprint density at radius 1 is 0.882 bits per heavy atom. The zero-order valence-corrected chi connectivity index (χ0v) is 18.8. The summed E-state index contributed by atoms with van der Waals surface area (Å²) < 4.78 is 15.8. The van der Waals surface area contributed by atoms with E-state index in [0.717, 1.165) is 6.07 Å². The highest BCUT2D eigenvalue weighted by molar-refractivity contribution is 6.08. The Hall–Kier alpha value is -4.60. The van der Waals surface area contributed by atoms with Crippen molar-refractivity contribution in [1.82, 2.24) is 0 Å². The molecule has 3 rings (SSSR count). The smallest absolute Gasteiger partial charge is 0.286 e. The topological polar surface area (TPSA) is 129 Å². The van der Waals surface area contributed by atoms with E-state index in [4.69, 9.17) is 14.2 Å². The van der Waals surface area contributed by atoms with E-state index in [9.17, 15) is 19.7 Å². The third kappa shape index (κ3) is 5.41. The second kappa shape index (κ2) is 10.8. The van der Waals surface area contributed by atoms with Crippen LogP contribution in [0.3, 0.4) is 0 Å². The quantitative estimate of drug-likeness (QED) is 0.351. The Bertz CT molecular complexity index is 1210. The number of benzene rings is 3. The normalized spacial score (nSPS) is 10.2. The SMILES string of the molecule is CCOc1cc(C(=O)Nc2ccc(C(=O)Nc3ccccc3OC)cc2)c([N+](=O)[O-])cc1OC. The van der Waals surface area contributed by atoms with Gasteiger partial charge in [-0.05, 0) is 43.3 Å². The summed E-state index contributed by atoms with van der Waals surface area (Å²) in [6.07, 6.45) is 0. The van der Waals surface area contributed by atoms with Gasteiger partial charge < -0.3 is 24.8 Å². The zero-order valence-electron chi connectivity index (χ0n) is 18.8. The maximum absolute atomic E-state index is 12.8. The van der Waals surface area contributed by atoms with Crippen LogP contribution in [-0.4, -0.2) is 37.6 Å². The molecule has 2 N–H and O–H groups in total. The molecule has 10 heteroatoms. The number of nitro groups is 1. The maximum atomic E-state index is 12.8. The van der Waals surface area contributed by atoms with Crippen LogP contribution >= 0.6 is 0 Å². The minimum Gasteiger partial charge on any atom is -0.495 e. The van der Waals surface area contributed by atoms with Crippen molar-refractivity contribution in [2.75, 3.05) is 31.5 Å². The Morgan fingerprint density at radius 3 is 2.18 bits per heavy atom. The van der Waals surface area contributed by atoms with E-state index in [-0.39, 0.29) is 29.6 Å². The molecule has 3 aromatic carbocycles. The van der Waals surface area contributed by atoms with E-state index < -0.39 is 16.5 Å². The number of nitrogens with one attached hydrogen (secondary N) is 2. The molecule has 0 atom stereocenters. The van der Waals surface area contributed by atoms with Gasteiger partial charge in [-0.1, -0.05) is 12.1 Å². The number of rotatable bonds is 9. The van der Waals surface area contributed by atoms with Gasteiger partial charge in [0.2, 0.25) is 0 Å². The van der Waals surface area contributed by atoms with Crippen molar-refractivity contribution in [3.05, 3.63) is 81.9 Å². The maximum Gasteiger partial charge on any atom is 0.286 e. The number of amides is 2. The minimum atomic E-state index is -0.707. The molecule has 0 aliphatic heterocycles. The summed E-state index contributed by atoms with van der Waals surface area (Å²) >= 11 is 0. The highest BCUT2D eigenvalue weighted by Gasteiger charge is 2.25. The van der Waals surface area contributed by atoms with Gasteiger partial charge in [0, 0.05) is 17.3 Å². The van der Waals surface area contributed by atoms with Gasteiger partial charge in [-0.2, -0.15) is 0 Å². The molecule has 0 aliphatic rings. The Labute approximate surface area is 195 Å². The molecule has 0 saturated heterocycles. The van der Waals surface area contributed by atoms with Crippen LogP contribution in [0.5, 0.6) is 17.2 Å². The molecule has 0 spiro atoms. The van der Waals surface area contributed by atoms with Gasteiger partial charge in [-0.15, -0.1) is 0 Å². The number of methoxy groups -OCH3 is 2. The van der Waals surface area contributed by atoms with Gasteiger partial charge in [0.1, 0.15) is 11.3 Å². The zero-order chi connectivity index (χ0) is 24.7. The lowest BCUT2D eigenvalue weighted by atomic mass is 10.1. The van der Waals surface area contributed by atoms with Crippen molar-refractivity contribution in [2.45, 2.75) is 6.92 Å². The second-order valence-corrected chi connectivity index (χ2v) is 6.90. The molecule has 34 heavy (non-hydrogen) atoms. The predicted octanol–water partition coefficient (Wildman–Crippen LogP) is 4.52. The molecule has 0 heterocycles. The third-order valence-electron chi connectivity index (χ3n) is 4.78. The third-order valence-corrected chi connectivity index (χ3v) is 4.78. The van der Waals surface area contributed by atoms with E-state index in [0.29, 0.717) is 22.7 Å². The first-order valence-corrected chi connectivity index (χ1v) is 10.2. The van der Waals surface area contributed by atoms with Crippen molar-refractivity contribution < 1.29 is 28.7 Å². The number of nitro benzene ring substituents is 1. The van der Waals surface area contributed by atoms with Crippen molar-refractivity contribution in [3.8, 4) is 17.2 Å². The Balaban J connectivity index is 1.79. The molecule has 0 aromatic heterocycles. The van der Waals surface area contributed by atoms with E-state index >= 15 is 0 Å². The number of para-hydroxylation sites is 2. The number of carbonyl (C=O) groups is 2. The van der Waals surface area contributed by atoms with Crippen LogP contribution in [0.4, 0.5) is 17.1 Å². The van der Waals surface area contributed by atoms with E-state index in [1.165, 1.54) is 44.6 Å². The van der Waals surface area contributed by atoms with E-state index in [2.05, 4.69) is 10.6 Å². The van der Waals surface area contributed by atoms with Crippen molar-refractivity contribution in [1.29, 1.82) is 0 Å². The molecular formula is C24H23N3O7. The number of nitrogens with zero attached hydrogens (tertiary/aromatic N) is 1. The summed E-state index contributed by atoms with van der Waals surface area (Å²) in [6, 6.07) is 15.5. The first-order chi connectivity index (χ1) is 16.4. The standard InChI is InChI=1S/C24H23N3O7/c1-4-34-22-13-17(19(27(30)31)14-21(22)33-3)24(29)25-16-11-9-15(10-12-16)23(28)26-18-7-5-6-8-20(18)32-2/h5-14H,4H2,1-3H3,(H,25,29)(H,26,28). The summed E-state index contributed by atoms with van der Waals surface area (Å²) in [5.74, 6) is -0.192. The van der Waals surface area contributed by atoms with Crippen molar-refractivity contribution in [3.63, 3.8) is 0 Å². The number of anilines is 2. The monoisotopic (exact) mass is 465 g/mol. The molecule has 0 bridgehead atoms. The lowest BCUT2D eigenvalue weighted by Gasteiger charge is -2.12. The molecule has 0 unspecified atom stereocenters.